The number of benzene rings is 4. The molecule has 55 heavy (non-hydrogen) atoms. The molecule has 282 valence electrons. The summed E-state index contributed by atoms with van der Waals surface area (Å²) in [6.45, 7) is 10.9. The summed E-state index contributed by atoms with van der Waals surface area (Å²) in [4.78, 5) is 24.4. The summed E-state index contributed by atoms with van der Waals surface area (Å²) < 4.78 is 50.9. The van der Waals surface area contributed by atoms with E-state index in [0.29, 0.717) is 36.7 Å². The molecular formula is C42H42F2N6O4Si. The highest BCUT2D eigenvalue weighted by Crippen LogP contribution is 2.42. The van der Waals surface area contributed by atoms with Crippen molar-refractivity contribution in [1.29, 1.82) is 5.26 Å². The van der Waals surface area contributed by atoms with Gasteiger partial charge < -0.3 is 18.8 Å². The highest BCUT2D eigenvalue weighted by Gasteiger charge is 2.42. The van der Waals surface area contributed by atoms with E-state index in [0.717, 1.165) is 11.1 Å². The molecule has 6 rings (SSSR count). The van der Waals surface area contributed by atoms with E-state index in [1.807, 2.05) is 72.6 Å². The van der Waals surface area contributed by atoms with Crippen LogP contribution in [0.5, 0.6) is 11.5 Å². The number of methoxy groups -OCH3 is 2. The summed E-state index contributed by atoms with van der Waals surface area (Å²) in [5, 5.41) is 14.2. The van der Waals surface area contributed by atoms with Crippen LogP contribution in [0.1, 0.15) is 65.3 Å². The summed E-state index contributed by atoms with van der Waals surface area (Å²) in [5.41, 5.74) is 2.37. The minimum absolute atomic E-state index is 0.0223. The van der Waals surface area contributed by atoms with E-state index in [2.05, 4.69) is 20.8 Å². The molecule has 1 unspecified atom stereocenters. The summed E-state index contributed by atoms with van der Waals surface area (Å²) in [7, 11) is 0.524. The largest absolute Gasteiger partial charge is 0.497 e. The number of anilines is 1. The zero-order chi connectivity index (χ0) is 39.5. The third-order valence-electron chi connectivity index (χ3n) is 10.0. The van der Waals surface area contributed by atoms with Crippen molar-refractivity contribution >= 4 is 26.1 Å². The molecule has 0 aliphatic heterocycles. The van der Waals surface area contributed by atoms with Crippen molar-refractivity contribution in [1.82, 2.24) is 19.6 Å². The topological polar surface area (TPSA) is 115 Å². The lowest BCUT2D eigenvalue weighted by molar-refractivity contribution is 0.111. The fourth-order valence-electron chi connectivity index (χ4n) is 5.91. The zero-order valence-electron chi connectivity index (χ0n) is 31.8. The molecule has 0 fully saturated rings. The second-order valence-electron chi connectivity index (χ2n) is 14.6. The SMILES string of the molecule is COc1ccc(CN(Cc2ccc(OC)cc2)c2nc(-c3cccc(C#N)c3F)cn3nc(C(O[Si](C)(C)C(C)(C)C)c4c(F)cccc4C=O)nc23)cc1. The van der Waals surface area contributed by atoms with Crippen LogP contribution < -0.4 is 14.4 Å². The van der Waals surface area contributed by atoms with Crippen molar-refractivity contribution in [2.24, 2.45) is 0 Å². The first-order chi connectivity index (χ1) is 26.3. The molecule has 0 saturated carbocycles. The van der Waals surface area contributed by atoms with Gasteiger partial charge in [0.1, 0.15) is 35.3 Å². The highest BCUT2D eigenvalue weighted by molar-refractivity contribution is 6.74. The Kier molecular flexibility index (Phi) is 11.1. The summed E-state index contributed by atoms with van der Waals surface area (Å²) in [5.74, 6) is 0.443. The third kappa shape index (κ3) is 8.11. The molecule has 0 amide bonds. The summed E-state index contributed by atoms with van der Waals surface area (Å²) >= 11 is 0. The van der Waals surface area contributed by atoms with Crippen molar-refractivity contribution in [2.45, 2.75) is 58.1 Å². The minimum atomic E-state index is -2.67. The van der Waals surface area contributed by atoms with Gasteiger partial charge in [-0.1, -0.05) is 63.2 Å². The molecule has 0 aliphatic rings. The van der Waals surface area contributed by atoms with Gasteiger partial charge in [0.25, 0.3) is 0 Å². The lowest BCUT2D eigenvalue weighted by Gasteiger charge is -2.38. The number of rotatable bonds is 13. The van der Waals surface area contributed by atoms with Gasteiger partial charge in [-0.25, -0.2) is 23.3 Å². The molecule has 13 heteroatoms. The number of aromatic nitrogens is 4. The molecule has 0 radical (unpaired) electrons. The Morgan fingerprint density at radius 1 is 0.891 bits per heavy atom. The van der Waals surface area contributed by atoms with Gasteiger partial charge in [-0.15, -0.1) is 5.10 Å². The van der Waals surface area contributed by atoms with Crippen molar-refractivity contribution in [3.63, 3.8) is 0 Å². The van der Waals surface area contributed by atoms with Crippen molar-refractivity contribution in [2.75, 3.05) is 19.1 Å². The fourth-order valence-corrected chi connectivity index (χ4v) is 7.08. The van der Waals surface area contributed by atoms with Crippen LogP contribution in [0.3, 0.4) is 0 Å². The van der Waals surface area contributed by atoms with Gasteiger partial charge in [0.2, 0.25) is 0 Å². The van der Waals surface area contributed by atoms with Crippen LogP contribution in [0.15, 0.2) is 91.1 Å². The number of nitriles is 1. The average Bonchev–Trinajstić information content (AvgIpc) is 3.61. The molecule has 0 N–H and O–H groups in total. The molecule has 0 spiro atoms. The Hall–Kier alpha value is -5.97. The van der Waals surface area contributed by atoms with E-state index >= 15 is 8.78 Å². The molecule has 0 aliphatic carbocycles. The maximum atomic E-state index is 15.9. The standard InChI is InChI=1S/C42H42F2N6O4Si/c1-42(2,3)55(6,7)54-38(36-30(26-51)11-9-13-34(36)43)39-47-41-40(46-35(25-50(41)48-39)33-12-8-10-29(22-45)37(33)44)49(23-27-14-18-31(52-4)19-15-27)24-28-16-20-32(53-5)21-17-28/h8-21,25-26,38H,23-24H2,1-7H3. The van der Waals surface area contributed by atoms with E-state index in [1.54, 1.807) is 26.4 Å². The van der Waals surface area contributed by atoms with Gasteiger partial charge in [-0.3, -0.25) is 4.79 Å². The van der Waals surface area contributed by atoms with Crippen LogP contribution in [-0.2, 0) is 17.5 Å². The second-order valence-corrected chi connectivity index (χ2v) is 19.4. The highest BCUT2D eigenvalue weighted by atomic mass is 28.4. The Morgan fingerprint density at radius 2 is 1.49 bits per heavy atom. The van der Waals surface area contributed by atoms with Crippen LogP contribution in [0.2, 0.25) is 18.1 Å². The predicted octanol–water partition coefficient (Wildman–Crippen LogP) is 9.09. The Bertz CT molecular complexity index is 2320. The van der Waals surface area contributed by atoms with E-state index in [4.69, 9.17) is 29.0 Å². The first-order valence-corrected chi connectivity index (χ1v) is 20.6. The second kappa shape index (κ2) is 15.8. The molecule has 2 aromatic heterocycles. The molecule has 0 saturated heterocycles. The number of hydrogen-bond acceptors (Lipinski definition) is 9. The number of fused-ring (bicyclic) bond motifs is 1. The van der Waals surface area contributed by atoms with Crippen LogP contribution in [-0.4, -0.2) is 48.4 Å². The number of hydrogen-bond donors (Lipinski definition) is 0. The number of nitrogens with zero attached hydrogens (tertiary/aromatic N) is 6. The maximum absolute atomic E-state index is 15.9. The molecule has 2 heterocycles. The van der Waals surface area contributed by atoms with Gasteiger partial charge in [-0.2, -0.15) is 5.26 Å². The number of halogens is 2. The Balaban J connectivity index is 1.62. The van der Waals surface area contributed by atoms with Gasteiger partial charge in [0.15, 0.2) is 31.9 Å². The molecule has 0 bridgehead atoms. The lowest BCUT2D eigenvalue weighted by Crippen LogP contribution is -2.42. The van der Waals surface area contributed by atoms with Gasteiger partial charge in [0, 0.05) is 29.8 Å². The Morgan fingerprint density at radius 3 is 2.04 bits per heavy atom. The number of carbonyl (C=O) groups excluding carboxylic acids is 1. The smallest absolute Gasteiger partial charge is 0.198 e. The molecular weight excluding hydrogens is 719 g/mol. The van der Waals surface area contributed by atoms with Crippen LogP contribution in [0, 0.1) is 23.0 Å². The van der Waals surface area contributed by atoms with Crippen LogP contribution in [0.25, 0.3) is 16.9 Å². The van der Waals surface area contributed by atoms with Crippen molar-refractivity contribution < 1.29 is 27.5 Å². The van der Waals surface area contributed by atoms with Gasteiger partial charge >= 0.3 is 0 Å². The molecule has 6 aromatic rings. The monoisotopic (exact) mass is 760 g/mol. The third-order valence-corrected chi connectivity index (χ3v) is 14.4. The summed E-state index contributed by atoms with van der Waals surface area (Å²) in [6.07, 6.45) is 0.950. The first-order valence-electron chi connectivity index (χ1n) is 17.7. The van der Waals surface area contributed by atoms with Crippen LogP contribution >= 0.6 is 0 Å². The number of ether oxygens (including phenoxy) is 2. The zero-order valence-corrected chi connectivity index (χ0v) is 32.8. The normalized spacial score (nSPS) is 12.3. The minimum Gasteiger partial charge on any atom is -0.497 e. The van der Waals surface area contributed by atoms with E-state index < -0.39 is 26.1 Å². The first kappa shape index (κ1) is 38.7. The van der Waals surface area contributed by atoms with Crippen LogP contribution in [0.4, 0.5) is 14.6 Å². The fraction of sp³-hybridized carbons (Fsp3) is 0.262. The van der Waals surface area contributed by atoms with E-state index in [-0.39, 0.29) is 44.5 Å². The summed E-state index contributed by atoms with van der Waals surface area (Å²) in [6, 6.07) is 25.9. The predicted molar refractivity (Wildman–Crippen MR) is 209 cm³/mol. The quantitative estimate of drug-likeness (QED) is 0.0840. The number of carbonyl (C=O) groups is 1. The van der Waals surface area contributed by atoms with Crippen molar-refractivity contribution in [3.8, 4) is 28.8 Å². The van der Waals surface area contributed by atoms with Gasteiger partial charge in [-0.05, 0) is 71.7 Å². The maximum Gasteiger partial charge on any atom is 0.198 e. The van der Waals surface area contributed by atoms with E-state index in [1.165, 1.54) is 35.0 Å². The lowest BCUT2D eigenvalue weighted by atomic mass is 10.0. The number of aldehydes is 1. The molecule has 10 nitrogen and oxygen atoms in total. The van der Waals surface area contributed by atoms with Crippen molar-refractivity contribution in [3.05, 3.63) is 136 Å². The van der Waals surface area contributed by atoms with Gasteiger partial charge in [0.05, 0.1) is 31.7 Å². The Labute approximate surface area is 320 Å². The molecule has 1 atom stereocenters. The van der Waals surface area contributed by atoms with E-state index in [9.17, 15) is 10.1 Å². The average molecular weight is 761 g/mol. The molecule has 4 aromatic carbocycles.